The number of carbonyl (C=O) groups excluding carboxylic acids is 2. The average Bonchev–Trinajstić information content (AvgIpc) is 2.28. The largest absolute Gasteiger partial charge is 0.480 e. The minimum Gasteiger partial charge on any atom is -0.480 e. The highest BCUT2D eigenvalue weighted by Gasteiger charge is 2.07. The van der Waals surface area contributed by atoms with Crippen molar-refractivity contribution >= 4 is 17.9 Å². The Morgan fingerprint density at radius 1 is 1.17 bits per heavy atom. The smallest absolute Gasteiger partial charge is 0.329 e. The SMILES string of the molecule is COCCCCNC(=O)NC(=O)COCC(=O)O. The standard InChI is InChI=1S/C10H18N2O6/c1-17-5-3-2-4-11-10(16)12-8(13)6-18-7-9(14)15/h2-7H2,1H3,(H,14,15)(H2,11,12,13,16). The lowest BCUT2D eigenvalue weighted by atomic mass is 10.3. The number of ether oxygens (including phenoxy) is 2. The third kappa shape index (κ3) is 10.8. The van der Waals surface area contributed by atoms with Crippen LogP contribution < -0.4 is 10.6 Å². The molecule has 0 unspecified atom stereocenters. The van der Waals surface area contributed by atoms with Crippen molar-refractivity contribution in [1.82, 2.24) is 10.6 Å². The Morgan fingerprint density at radius 3 is 2.50 bits per heavy atom. The van der Waals surface area contributed by atoms with Crippen molar-refractivity contribution < 1.29 is 29.0 Å². The van der Waals surface area contributed by atoms with E-state index in [0.717, 1.165) is 12.8 Å². The summed E-state index contributed by atoms with van der Waals surface area (Å²) in [5.74, 6) is -1.86. The van der Waals surface area contributed by atoms with Gasteiger partial charge in [-0.2, -0.15) is 0 Å². The Bertz CT molecular complexity index is 282. The highest BCUT2D eigenvalue weighted by atomic mass is 16.5. The number of carbonyl (C=O) groups is 3. The fraction of sp³-hybridized carbons (Fsp3) is 0.700. The number of rotatable bonds is 9. The van der Waals surface area contributed by atoms with E-state index in [2.05, 4.69) is 10.1 Å². The summed E-state index contributed by atoms with van der Waals surface area (Å²) in [5, 5.41) is 12.7. The Labute approximate surface area is 105 Å². The number of hydrogen-bond donors (Lipinski definition) is 3. The molecule has 104 valence electrons. The van der Waals surface area contributed by atoms with E-state index in [1.165, 1.54) is 0 Å². The highest BCUT2D eigenvalue weighted by Crippen LogP contribution is 1.86. The van der Waals surface area contributed by atoms with Gasteiger partial charge in [0.05, 0.1) is 0 Å². The molecule has 0 aliphatic heterocycles. The third-order valence-corrected chi connectivity index (χ3v) is 1.77. The van der Waals surface area contributed by atoms with Crippen LogP contribution in [0.25, 0.3) is 0 Å². The Kier molecular flexibility index (Phi) is 9.51. The molecule has 0 saturated carbocycles. The Hall–Kier alpha value is -1.67. The number of urea groups is 1. The Morgan fingerprint density at radius 2 is 1.89 bits per heavy atom. The minimum atomic E-state index is -1.18. The molecule has 0 bridgehead atoms. The van der Waals surface area contributed by atoms with Crippen molar-refractivity contribution in [2.45, 2.75) is 12.8 Å². The summed E-state index contributed by atoms with van der Waals surface area (Å²) in [4.78, 5) is 32.3. The van der Waals surface area contributed by atoms with Crippen molar-refractivity contribution in [2.75, 3.05) is 33.5 Å². The van der Waals surface area contributed by atoms with Crippen LogP contribution in [0.15, 0.2) is 0 Å². The van der Waals surface area contributed by atoms with Crippen molar-refractivity contribution in [1.29, 1.82) is 0 Å². The molecule has 0 aliphatic rings. The lowest BCUT2D eigenvalue weighted by molar-refractivity contribution is -0.143. The summed E-state index contributed by atoms with van der Waals surface area (Å²) in [5.41, 5.74) is 0. The topological polar surface area (TPSA) is 114 Å². The van der Waals surface area contributed by atoms with Crippen molar-refractivity contribution in [3.8, 4) is 0 Å². The molecule has 3 N–H and O–H groups in total. The van der Waals surface area contributed by atoms with Crippen LogP contribution in [-0.4, -0.2) is 56.5 Å². The van der Waals surface area contributed by atoms with Crippen molar-refractivity contribution in [2.24, 2.45) is 0 Å². The van der Waals surface area contributed by atoms with Gasteiger partial charge in [0, 0.05) is 20.3 Å². The number of amides is 3. The van der Waals surface area contributed by atoms with E-state index in [0.29, 0.717) is 13.2 Å². The lowest BCUT2D eigenvalue weighted by Gasteiger charge is -2.06. The van der Waals surface area contributed by atoms with Crippen LogP contribution in [0, 0.1) is 0 Å². The van der Waals surface area contributed by atoms with Crippen LogP contribution in [0.4, 0.5) is 4.79 Å². The second-order valence-corrected chi connectivity index (χ2v) is 3.39. The molecule has 0 heterocycles. The fourth-order valence-corrected chi connectivity index (χ4v) is 1.01. The molecule has 0 radical (unpaired) electrons. The summed E-state index contributed by atoms with van der Waals surface area (Å²) in [6, 6.07) is -0.628. The van der Waals surface area contributed by atoms with Gasteiger partial charge in [-0.1, -0.05) is 0 Å². The number of unbranched alkanes of at least 4 members (excludes halogenated alkanes) is 1. The van der Waals surface area contributed by atoms with Crippen LogP contribution >= 0.6 is 0 Å². The quantitative estimate of drug-likeness (QED) is 0.475. The maximum atomic E-state index is 11.1. The van der Waals surface area contributed by atoms with Crippen LogP contribution in [0.5, 0.6) is 0 Å². The summed E-state index contributed by atoms with van der Waals surface area (Å²) >= 11 is 0. The number of hydrogen-bond acceptors (Lipinski definition) is 5. The molecular weight excluding hydrogens is 244 g/mol. The van der Waals surface area contributed by atoms with Crippen LogP contribution in [0.3, 0.4) is 0 Å². The number of aliphatic carboxylic acids is 1. The van der Waals surface area contributed by atoms with Gasteiger partial charge in [-0.05, 0) is 12.8 Å². The molecule has 0 fully saturated rings. The van der Waals surface area contributed by atoms with Gasteiger partial charge >= 0.3 is 12.0 Å². The molecule has 0 atom stereocenters. The first kappa shape index (κ1) is 16.3. The lowest BCUT2D eigenvalue weighted by Crippen LogP contribution is -2.41. The van der Waals surface area contributed by atoms with Gasteiger partial charge in [-0.3, -0.25) is 10.1 Å². The molecule has 0 aromatic rings. The van der Waals surface area contributed by atoms with E-state index in [1.807, 2.05) is 5.32 Å². The monoisotopic (exact) mass is 262 g/mol. The first-order valence-electron chi connectivity index (χ1n) is 5.42. The predicted molar refractivity (Wildman–Crippen MR) is 61.1 cm³/mol. The molecule has 0 spiro atoms. The number of imide groups is 1. The van der Waals surface area contributed by atoms with Gasteiger partial charge in [0.15, 0.2) is 0 Å². The van der Waals surface area contributed by atoms with Crippen molar-refractivity contribution in [3.05, 3.63) is 0 Å². The summed E-state index contributed by atoms with van der Waals surface area (Å²) in [6.45, 7) is -0.000828. The van der Waals surface area contributed by atoms with Crippen LogP contribution in [0.2, 0.25) is 0 Å². The van der Waals surface area contributed by atoms with E-state index >= 15 is 0 Å². The number of carboxylic acid groups (broad SMARTS) is 1. The summed E-state index contributed by atoms with van der Waals surface area (Å²) in [7, 11) is 1.59. The summed E-state index contributed by atoms with van der Waals surface area (Å²) in [6.07, 6.45) is 1.55. The highest BCUT2D eigenvalue weighted by molar-refractivity contribution is 5.94. The van der Waals surface area contributed by atoms with Crippen LogP contribution in [-0.2, 0) is 19.1 Å². The van der Waals surface area contributed by atoms with E-state index < -0.39 is 31.1 Å². The van der Waals surface area contributed by atoms with Gasteiger partial charge in [0.25, 0.3) is 5.91 Å². The molecule has 0 aromatic carbocycles. The second-order valence-electron chi connectivity index (χ2n) is 3.39. The van der Waals surface area contributed by atoms with E-state index in [1.54, 1.807) is 7.11 Å². The first-order chi connectivity index (χ1) is 8.56. The number of nitrogens with one attached hydrogen (secondary N) is 2. The zero-order chi connectivity index (χ0) is 13.8. The zero-order valence-corrected chi connectivity index (χ0v) is 10.2. The van der Waals surface area contributed by atoms with Gasteiger partial charge in [-0.15, -0.1) is 0 Å². The minimum absolute atomic E-state index is 0.429. The summed E-state index contributed by atoms with van der Waals surface area (Å²) < 4.78 is 9.34. The molecule has 0 aliphatic carbocycles. The molecule has 3 amide bonds. The van der Waals surface area contributed by atoms with E-state index in [-0.39, 0.29) is 0 Å². The molecule has 0 aromatic heterocycles. The number of methoxy groups -OCH3 is 1. The molecular formula is C10H18N2O6. The first-order valence-corrected chi connectivity index (χ1v) is 5.42. The molecule has 8 nitrogen and oxygen atoms in total. The van der Waals surface area contributed by atoms with E-state index in [4.69, 9.17) is 9.84 Å². The van der Waals surface area contributed by atoms with Crippen LogP contribution in [0.1, 0.15) is 12.8 Å². The number of carboxylic acids is 1. The maximum Gasteiger partial charge on any atom is 0.329 e. The maximum absolute atomic E-state index is 11.1. The van der Waals surface area contributed by atoms with Gasteiger partial charge in [-0.25, -0.2) is 9.59 Å². The molecule has 0 saturated heterocycles. The zero-order valence-electron chi connectivity index (χ0n) is 10.2. The Balaban J connectivity index is 3.49. The average molecular weight is 262 g/mol. The molecule has 8 heteroatoms. The predicted octanol–water partition coefficient (Wildman–Crippen LogP) is -0.660. The fourth-order valence-electron chi connectivity index (χ4n) is 1.01. The third-order valence-electron chi connectivity index (χ3n) is 1.77. The van der Waals surface area contributed by atoms with Crippen molar-refractivity contribution in [3.63, 3.8) is 0 Å². The van der Waals surface area contributed by atoms with Gasteiger partial charge in [0.2, 0.25) is 0 Å². The van der Waals surface area contributed by atoms with Gasteiger partial charge < -0.3 is 19.9 Å². The van der Waals surface area contributed by atoms with Gasteiger partial charge in [0.1, 0.15) is 13.2 Å². The van der Waals surface area contributed by atoms with E-state index in [9.17, 15) is 14.4 Å². The normalized spacial score (nSPS) is 9.83. The molecule has 0 rings (SSSR count). The second kappa shape index (κ2) is 10.5. The molecule has 18 heavy (non-hydrogen) atoms.